The Morgan fingerprint density at radius 3 is 2.25 bits per heavy atom. The third-order valence-electron chi connectivity index (χ3n) is 11.5. The van der Waals surface area contributed by atoms with Crippen molar-refractivity contribution in [2.75, 3.05) is 54.2 Å². The number of ether oxygens (including phenoxy) is 2. The fourth-order valence-electron chi connectivity index (χ4n) is 9.07. The average Bonchev–Trinajstić information content (AvgIpc) is 3.52. The number of fused-ring (bicyclic) bond motifs is 4. The molecule has 3 saturated heterocycles. The summed E-state index contributed by atoms with van der Waals surface area (Å²) < 4.78 is 25.2. The summed E-state index contributed by atoms with van der Waals surface area (Å²) in [6.45, 7) is 4.54. The summed E-state index contributed by atoms with van der Waals surface area (Å²) in [5, 5.41) is 9.02. The van der Waals surface area contributed by atoms with Crippen LogP contribution in [0.1, 0.15) is 31.2 Å². The van der Waals surface area contributed by atoms with Crippen LogP contribution in [0.5, 0.6) is 5.75 Å². The maximum Gasteiger partial charge on any atom is 0.241 e. The number of anilines is 3. The molecule has 0 radical (unpaired) electrons. The lowest BCUT2D eigenvalue weighted by atomic mass is 9.51. The molecule has 6 atom stereocenters. The number of benzene rings is 3. The van der Waals surface area contributed by atoms with Crippen molar-refractivity contribution in [1.29, 1.82) is 0 Å². The second kappa shape index (κ2) is 12.9. The lowest BCUT2D eigenvalue weighted by molar-refractivity contribution is -0.131. The van der Waals surface area contributed by atoms with Gasteiger partial charge in [-0.15, -0.1) is 0 Å². The molecular formula is C39H37ClFN3O7. The number of hydrogen-bond acceptors (Lipinski definition) is 8. The third kappa shape index (κ3) is 5.27. The number of carbonyl (C=O) groups is 4. The van der Waals surface area contributed by atoms with E-state index in [1.165, 1.54) is 17.0 Å². The molecule has 1 saturated carbocycles. The number of allylic oxidation sites excluding steroid dienone is 2. The first-order chi connectivity index (χ1) is 24.6. The molecule has 3 aromatic rings. The summed E-state index contributed by atoms with van der Waals surface area (Å²) in [4.78, 5) is 62.1. The Bertz CT molecular complexity index is 1950. The van der Waals surface area contributed by atoms with E-state index < -0.39 is 52.6 Å². The molecule has 10 nitrogen and oxygen atoms in total. The van der Waals surface area contributed by atoms with Crippen molar-refractivity contribution < 1.29 is 38.1 Å². The van der Waals surface area contributed by atoms with E-state index in [0.29, 0.717) is 31.1 Å². The molecule has 0 spiro atoms. The van der Waals surface area contributed by atoms with E-state index in [4.69, 9.17) is 21.1 Å². The highest BCUT2D eigenvalue weighted by molar-refractivity contribution is 6.32. The van der Waals surface area contributed by atoms with Gasteiger partial charge in [0.15, 0.2) is 0 Å². The largest absolute Gasteiger partial charge is 0.491 e. The van der Waals surface area contributed by atoms with Crippen molar-refractivity contribution in [2.24, 2.45) is 29.1 Å². The molecule has 5 aliphatic rings. The molecule has 0 unspecified atom stereocenters. The van der Waals surface area contributed by atoms with E-state index in [0.717, 1.165) is 40.9 Å². The number of hydrogen-bond donors (Lipinski definition) is 1. The highest BCUT2D eigenvalue weighted by atomic mass is 35.5. The van der Waals surface area contributed by atoms with E-state index in [-0.39, 0.29) is 42.2 Å². The van der Waals surface area contributed by atoms with Gasteiger partial charge in [-0.25, -0.2) is 9.29 Å². The van der Waals surface area contributed by atoms with Crippen molar-refractivity contribution in [1.82, 2.24) is 0 Å². The van der Waals surface area contributed by atoms with Gasteiger partial charge in [-0.2, -0.15) is 0 Å². The fourth-order valence-corrected chi connectivity index (χ4v) is 9.25. The van der Waals surface area contributed by atoms with Gasteiger partial charge >= 0.3 is 0 Å². The number of aliphatic hydroxyl groups is 1. The molecule has 0 aromatic heterocycles. The maximum atomic E-state index is 14.6. The lowest BCUT2D eigenvalue weighted by Crippen LogP contribution is -2.48. The number of morpholine rings is 1. The zero-order valence-corrected chi connectivity index (χ0v) is 28.7. The van der Waals surface area contributed by atoms with E-state index in [2.05, 4.69) is 4.90 Å². The van der Waals surface area contributed by atoms with Gasteiger partial charge in [0.05, 0.1) is 59.4 Å². The van der Waals surface area contributed by atoms with Crippen molar-refractivity contribution in [2.45, 2.75) is 25.7 Å². The van der Waals surface area contributed by atoms with Crippen molar-refractivity contribution in [3.63, 3.8) is 0 Å². The molecule has 4 fully saturated rings. The van der Waals surface area contributed by atoms with Crippen molar-refractivity contribution in [3.05, 3.63) is 94.8 Å². The number of halogens is 2. The van der Waals surface area contributed by atoms with Crippen LogP contribution in [-0.2, 0) is 23.9 Å². The highest BCUT2D eigenvalue weighted by Gasteiger charge is 2.67. The minimum Gasteiger partial charge on any atom is -0.491 e. The molecule has 2 aliphatic carbocycles. The van der Waals surface area contributed by atoms with Crippen LogP contribution in [0.3, 0.4) is 0 Å². The van der Waals surface area contributed by atoms with Crippen LogP contribution in [-0.4, -0.2) is 68.3 Å². The Morgan fingerprint density at radius 2 is 1.57 bits per heavy atom. The smallest absolute Gasteiger partial charge is 0.241 e. The molecule has 3 aliphatic heterocycles. The first kappa shape index (κ1) is 33.6. The molecule has 8 rings (SSSR count). The monoisotopic (exact) mass is 713 g/mol. The summed E-state index contributed by atoms with van der Waals surface area (Å²) in [5.74, 6) is -4.88. The van der Waals surface area contributed by atoms with E-state index in [1.807, 2.05) is 30.3 Å². The first-order valence-corrected chi connectivity index (χ1v) is 17.7. The summed E-state index contributed by atoms with van der Waals surface area (Å²) in [6.07, 6.45) is 2.51. The van der Waals surface area contributed by atoms with Crippen LogP contribution in [0.15, 0.2) is 78.4 Å². The van der Waals surface area contributed by atoms with Gasteiger partial charge in [0.25, 0.3) is 0 Å². The van der Waals surface area contributed by atoms with Crippen LogP contribution in [0.2, 0.25) is 5.02 Å². The third-order valence-corrected chi connectivity index (χ3v) is 11.8. The van der Waals surface area contributed by atoms with Crippen LogP contribution in [0, 0.1) is 34.9 Å². The Kier molecular flexibility index (Phi) is 8.47. The Balaban J connectivity index is 1.17. The number of carbonyl (C=O) groups excluding carboxylic acids is 4. The number of nitrogens with zero attached hydrogens (tertiary/aromatic N) is 3. The molecule has 1 N–H and O–H groups in total. The summed E-state index contributed by atoms with van der Waals surface area (Å²) in [6, 6.07) is 18.4. The van der Waals surface area contributed by atoms with Crippen LogP contribution in [0.4, 0.5) is 21.5 Å². The van der Waals surface area contributed by atoms with Gasteiger partial charge in [-0.1, -0.05) is 35.4 Å². The van der Waals surface area contributed by atoms with Gasteiger partial charge in [0.2, 0.25) is 23.6 Å². The normalized spacial score (nSPS) is 28.8. The molecule has 0 bridgehead atoms. The van der Waals surface area contributed by atoms with Gasteiger partial charge in [-0.05, 0) is 85.8 Å². The Morgan fingerprint density at radius 1 is 0.882 bits per heavy atom. The fraction of sp³-hybridized carbons (Fsp3) is 0.385. The predicted octanol–water partition coefficient (Wildman–Crippen LogP) is 5.12. The highest BCUT2D eigenvalue weighted by Crippen LogP contribution is 2.63. The minimum atomic E-state index is -1.26. The molecule has 3 aromatic carbocycles. The quantitative estimate of drug-likeness (QED) is 0.265. The number of amides is 4. The van der Waals surface area contributed by atoms with Gasteiger partial charge < -0.3 is 19.5 Å². The predicted molar refractivity (Wildman–Crippen MR) is 187 cm³/mol. The first-order valence-electron chi connectivity index (χ1n) is 17.3. The van der Waals surface area contributed by atoms with Crippen LogP contribution >= 0.6 is 11.6 Å². The molecule has 4 amide bonds. The summed E-state index contributed by atoms with van der Waals surface area (Å²) in [5.41, 5.74) is 2.00. The average molecular weight is 714 g/mol. The molecule has 3 heterocycles. The Labute approximate surface area is 299 Å². The molecular weight excluding hydrogens is 677 g/mol. The second-order valence-electron chi connectivity index (χ2n) is 14.0. The topological polar surface area (TPSA) is 117 Å². The zero-order chi connectivity index (χ0) is 35.6. The van der Waals surface area contributed by atoms with E-state index >= 15 is 0 Å². The van der Waals surface area contributed by atoms with Crippen LogP contribution in [0.25, 0.3) is 0 Å². The van der Waals surface area contributed by atoms with Crippen molar-refractivity contribution >= 4 is 52.3 Å². The molecule has 264 valence electrons. The van der Waals surface area contributed by atoms with Gasteiger partial charge in [-0.3, -0.25) is 24.1 Å². The molecule has 12 heteroatoms. The van der Waals surface area contributed by atoms with Crippen molar-refractivity contribution in [3.8, 4) is 5.75 Å². The zero-order valence-electron chi connectivity index (χ0n) is 28.0. The van der Waals surface area contributed by atoms with E-state index in [9.17, 15) is 28.7 Å². The summed E-state index contributed by atoms with van der Waals surface area (Å²) in [7, 11) is 0. The summed E-state index contributed by atoms with van der Waals surface area (Å²) >= 11 is 6.11. The van der Waals surface area contributed by atoms with Crippen LogP contribution < -0.4 is 19.4 Å². The standard InChI is InChI=1S/C39H37ClFN3O7/c1-39-30(36(47)44(38(39)49)25-8-13-32(41)31(40)20-25)21-29-27(34(39)22-2-9-26(10-3-22)51-19-16-45)11-12-28-33(29)37(48)43(35(28)46)24-6-4-23(5-7-24)42-14-17-50-18-15-42/h2-11,13,20,28-30,33-34,45H,12,14-19,21H2,1H3/t28-,29+,30-,33-,34-,39+/m0/s1. The number of imide groups is 2. The Hall–Kier alpha value is -4.58. The molecule has 51 heavy (non-hydrogen) atoms. The van der Waals surface area contributed by atoms with Gasteiger partial charge in [0.1, 0.15) is 18.2 Å². The SMILES string of the molecule is C[C@@]12C(=O)N(c3ccc(F)c(Cl)c3)C(=O)[C@@H]1C[C@@H]1C(=CC[C@@H]3C(=O)N(c4ccc(N5CCOCC5)cc4)C(=O)[C@@H]31)[C@@H]2c1ccc(OCCO)cc1. The number of rotatable bonds is 7. The number of aliphatic hydroxyl groups excluding tert-OH is 1. The second-order valence-corrected chi connectivity index (χ2v) is 14.4. The van der Waals surface area contributed by atoms with E-state index in [1.54, 1.807) is 31.2 Å². The maximum absolute atomic E-state index is 14.6. The minimum absolute atomic E-state index is 0.115. The van der Waals surface area contributed by atoms with Gasteiger partial charge in [0, 0.05) is 24.7 Å². The lowest BCUT2D eigenvalue weighted by Gasteiger charge is -2.49.